The molecule has 1 fully saturated rings. The Balaban J connectivity index is 1.64. The van der Waals surface area contributed by atoms with Crippen molar-refractivity contribution in [2.45, 2.75) is 19.6 Å². The highest BCUT2D eigenvalue weighted by molar-refractivity contribution is 9.10. The number of nitrogens with one attached hydrogen (secondary N) is 1. The molecular weight excluding hydrogens is 382 g/mol. The van der Waals surface area contributed by atoms with Crippen molar-refractivity contribution in [3.8, 4) is 0 Å². The summed E-state index contributed by atoms with van der Waals surface area (Å²) in [5.74, 6) is 0.902. The molecule has 1 unspecified atom stereocenters. The standard InChI is InChI=1S/C18H24BrN5O/c1-13-8-16(19)5-4-14(13)9-21-18(20-2)24-6-7-25-17(12-24)15-10-22-23(3)11-15/h4-5,8,10-11,17H,6-7,9,12H2,1-3H3,(H,20,21). The smallest absolute Gasteiger partial charge is 0.194 e. The van der Waals surface area contributed by atoms with Crippen molar-refractivity contribution in [2.24, 2.45) is 12.0 Å². The quantitative estimate of drug-likeness (QED) is 0.629. The van der Waals surface area contributed by atoms with Gasteiger partial charge in [0.2, 0.25) is 0 Å². The third-order valence-corrected chi connectivity index (χ3v) is 4.91. The van der Waals surface area contributed by atoms with Gasteiger partial charge in [-0.15, -0.1) is 0 Å². The van der Waals surface area contributed by atoms with Gasteiger partial charge in [-0.1, -0.05) is 22.0 Å². The van der Waals surface area contributed by atoms with Crippen molar-refractivity contribution in [3.63, 3.8) is 0 Å². The SMILES string of the molecule is CN=C(NCc1ccc(Br)cc1C)N1CCOC(c2cnn(C)c2)C1. The molecule has 1 aliphatic heterocycles. The molecule has 0 aliphatic carbocycles. The van der Waals surface area contributed by atoms with Gasteiger partial charge in [-0.05, 0) is 30.2 Å². The van der Waals surface area contributed by atoms with Crippen LogP contribution in [0.15, 0.2) is 40.1 Å². The molecule has 2 aromatic rings. The van der Waals surface area contributed by atoms with Gasteiger partial charge >= 0.3 is 0 Å². The van der Waals surface area contributed by atoms with Gasteiger partial charge in [-0.25, -0.2) is 0 Å². The summed E-state index contributed by atoms with van der Waals surface area (Å²) in [6.07, 6.45) is 3.90. The lowest BCUT2D eigenvalue weighted by atomic mass is 10.1. The predicted octanol–water partition coefficient (Wildman–Crippen LogP) is 2.64. The fourth-order valence-corrected chi connectivity index (χ4v) is 3.49. The van der Waals surface area contributed by atoms with Gasteiger partial charge in [-0.2, -0.15) is 5.10 Å². The molecule has 1 aromatic carbocycles. The lowest BCUT2D eigenvalue weighted by molar-refractivity contribution is -0.00805. The Kier molecular flexibility index (Phi) is 5.75. The fraction of sp³-hybridized carbons (Fsp3) is 0.444. The Morgan fingerprint density at radius 1 is 1.48 bits per heavy atom. The van der Waals surface area contributed by atoms with Crippen LogP contribution in [0.25, 0.3) is 0 Å². The number of guanidine groups is 1. The van der Waals surface area contributed by atoms with Crippen molar-refractivity contribution >= 4 is 21.9 Å². The Labute approximate surface area is 157 Å². The maximum absolute atomic E-state index is 5.91. The zero-order chi connectivity index (χ0) is 17.8. The van der Waals surface area contributed by atoms with E-state index in [1.165, 1.54) is 11.1 Å². The van der Waals surface area contributed by atoms with E-state index in [1.807, 2.05) is 26.5 Å². The summed E-state index contributed by atoms with van der Waals surface area (Å²) in [7, 11) is 3.75. The summed E-state index contributed by atoms with van der Waals surface area (Å²) in [6, 6.07) is 6.34. The van der Waals surface area contributed by atoms with Crippen LogP contribution in [0.5, 0.6) is 0 Å². The van der Waals surface area contributed by atoms with E-state index >= 15 is 0 Å². The minimum absolute atomic E-state index is 0.0235. The van der Waals surface area contributed by atoms with Crippen LogP contribution >= 0.6 is 15.9 Å². The highest BCUT2D eigenvalue weighted by Gasteiger charge is 2.25. The average molecular weight is 406 g/mol. The summed E-state index contributed by atoms with van der Waals surface area (Å²) in [5, 5.41) is 7.72. The normalized spacial score (nSPS) is 18.5. The third-order valence-electron chi connectivity index (χ3n) is 4.42. The molecule has 1 aliphatic rings. The molecule has 0 bridgehead atoms. The molecule has 1 aromatic heterocycles. The number of aryl methyl sites for hydroxylation is 2. The summed E-state index contributed by atoms with van der Waals surface area (Å²) < 4.78 is 8.82. The second-order valence-corrected chi connectivity index (χ2v) is 7.14. The van der Waals surface area contributed by atoms with Gasteiger partial charge in [0, 0.05) is 43.4 Å². The van der Waals surface area contributed by atoms with Crippen LogP contribution in [0.1, 0.15) is 22.8 Å². The van der Waals surface area contributed by atoms with Crippen LogP contribution < -0.4 is 5.32 Å². The summed E-state index contributed by atoms with van der Waals surface area (Å²) in [5.41, 5.74) is 3.63. The van der Waals surface area contributed by atoms with Crippen LogP contribution in [0, 0.1) is 6.92 Å². The molecular formula is C18H24BrN5O. The Morgan fingerprint density at radius 3 is 3.00 bits per heavy atom. The fourth-order valence-electron chi connectivity index (χ4n) is 3.01. The van der Waals surface area contributed by atoms with E-state index in [-0.39, 0.29) is 6.10 Å². The van der Waals surface area contributed by atoms with Crippen LogP contribution in [0.3, 0.4) is 0 Å². The van der Waals surface area contributed by atoms with Gasteiger partial charge in [0.05, 0.1) is 19.3 Å². The molecule has 2 heterocycles. The monoisotopic (exact) mass is 405 g/mol. The van der Waals surface area contributed by atoms with Crippen molar-refractivity contribution in [1.29, 1.82) is 0 Å². The molecule has 1 N–H and O–H groups in total. The number of nitrogens with zero attached hydrogens (tertiary/aromatic N) is 4. The van der Waals surface area contributed by atoms with E-state index in [0.29, 0.717) is 6.61 Å². The minimum Gasteiger partial charge on any atom is -0.370 e. The predicted molar refractivity (Wildman–Crippen MR) is 103 cm³/mol. The second-order valence-electron chi connectivity index (χ2n) is 6.22. The molecule has 134 valence electrons. The van der Waals surface area contributed by atoms with Crippen LogP contribution in [-0.2, 0) is 18.3 Å². The summed E-state index contributed by atoms with van der Waals surface area (Å²) >= 11 is 3.51. The molecule has 0 amide bonds. The van der Waals surface area contributed by atoms with Crippen LogP contribution in [0.4, 0.5) is 0 Å². The molecule has 7 heteroatoms. The molecule has 0 saturated carbocycles. The number of rotatable bonds is 3. The zero-order valence-corrected chi connectivity index (χ0v) is 16.5. The molecule has 1 atom stereocenters. The number of aromatic nitrogens is 2. The van der Waals surface area contributed by atoms with Crippen molar-refractivity contribution in [3.05, 3.63) is 51.8 Å². The number of hydrogen-bond acceptors (Lipinski definition) is 3. The van der Waals surface area contributed by atoms with Gasteiger partial charge in [0.25, 0.3) is 0 Å². The number of aliphatic imine (C=N–C) groups is 1. The average Bonchev–Trinajstić information content (AvgIpc) is 3.04. The highest BCUT2D eigenvalue weighted by atomic mass is 79.9. The van der Waals surface area contributed by atoms with Gasteiger partial charge in [0.15, 0.2) is 5.96 Å². The molecule has 0 spiro atoms. The third kappa shape index (κ3) is 4.41. The highest BCUT2D eigenvalue weighted by Crippen LogP contribution is 2.22. The summed E-state index contributed by atoms with van der Waals surface area (Å²) in [4.78, 5) is 6.70. The van der Waals surface area contributed by atoms with Crippen molar-refractivity contribution in [1.82, 2.24) is 20.0 Å². The molecule has 1 saturated heterocycles. The first kappa shape index (κ1) is 17.9. The first-order chi connectivity index (χ1) is 12.1. The van der Waals surface area contributed by atoms with Gasteiger partial charge in [0.1, 0.15) is 6.10 Å². The number of halogens is 1. The minimum atomic E-state index is 0.0235. The topological polar surface area (TPSA) is 54.7 Å². The first-order valence-corrected chi connectivity index (χ1v) is 9.17. The number of morpholine rings is 1. The van der Waals surface area contributed by atoms with Crippen molar-refractivity contribution in [2.75, 3.05) is 26.7 Å². The largest absolute Gasteiger partial charge is 0.370 e. The Hall–Kier alpha value is -1.86. The second kappa shape index (κ2) is 8.01. The van der Waals surface area contributed by atoms with E-state index in [0.717, 1.165) is 35.6 Å². The van der Waals surface area contributed by atoms with Crippen LogP contribution in [-0.4, -0.2) is 47.4 Å². The first-order valence-electron chi connectivity index (χ1n) is 8.37. The van der Waals surface area contributed by atoms with E-state index in [2.05, 4.69) is 61.4 Å². The lowest BCUT2D eigenvalue weighted by Gasteiger charge is -2.34. The maximum Gasteiger partial charge on any atom is 0.194 e. The lowest BCUT2D eigenvalue weighted by Crippen LogP contribution is -2.47. The van der Waals surface area contributed by atoms with Gasteiger partial charge < -0.3 is 15.0 Å². The Bertz CT molecular complexity index is 758. The molecule has 3 rings (SSSR count). The number of hydrogen-bond donors (Lipinski definition) is 1. The zero-order valence-electron chi connectivity index (χ0n) is 14.9. The maximum atomic E-state index is 5.91. The summed E-state index contributed by atoms with van der Waals surface area (Å²) in [6.45, 7) is 5.15. The van der Waals surface area contributed by atoms with E-state index in [9.17, 15) is 0 Å². The molecule has 6 nitrogen and oxygen atoms in total. The molecule has 25 heavy (non-hydrogen) atoms. The molecule has 0 radical (unpaired) electrons. The van der Waals surface area contributed by atoms with Crippen molar-refractivity contribution < 1.29 is 4.74 Å². The van der Waals surface area contributed by atoms with E-state index in [1.54, 1.807) is 4.68 Å². The Morgan fingerprint density at radius 2 is 2.32 bits per heavy atom. The van der Waals surface area contributed by atoms with E-state index < -0.39 is 0 Å². The van der Waals surface area contributed by atoms with E-state index in [4.69, 9.17) is 4.74 Å². The number of benzene rings is 1. The van der Waals surface area contributed by atoms with Gasteiger partial charge in [-0.3, -0.25) is 9.67 Å². The van der Waals surface area contributed by atoms with Crippen LogP contribution in [0.2, 0.25) is 0 Å². The number of ether oxygens (including phenoxy) is 1.